The highest BCUT2D eigenvalue weighted by molar-refractivity contribution is 5.28. The van der Waals surface area contributed by atoms with Gasteiger partial charge in [-0.25, -0.2) is 4.98 Å². The Kier molecular flexibility index (Phi) is 6.09. The van der Waals surface area contributed by atoms with E-state index in [0.29, 0.717) is 11.7 Å². The van der Waals surface area contributed by atoms with E-state index in [4.69, 9.17) is 5.73 Å². The summed E-state index contributed by atoms with van der Waals surface area (Å²) in [4.78, 5) is 9.02. The molecule has 0 amide bonds. The Labute approximate surface area is 111 Å². The van der Waals surface area contributed by atoms with Crippen molar-refractivity contribution in [2.75, 3.05) is 39.5 Å². The topological polar surface area (TPSA) is 45.4 Å². The molecule has 0 aliphatic heterocycles. The first-order valence-corrected chi connectivity index (χ1v) is 6.56. The van der Waals surface area contributed by atoms with Gasteiger partial charge in [0.25, 0.3) is 0 Å². The van der Waals surface area contributed by atoms with Crippen LogP contribution in [0.1, 0.15) is 19.5 Å². The molecule has 102 valence electrons. The van der Waals surface area contributed by atoms with Crippen LogP contribution in [0, 0.1) is 5.92 Å². The molecule has 0 aromatic carbocycles. The van der Waals surface area contributed by atoms with Crippen LogP contribution in [0.3, 0.4) is 0 Å². The SMILES string of the molecule is CC(C)CN(CCN(C)C)Cc1cccc(N)n1. The number of nitrogen functional groups attached to an aromatic ring is 1. The monoisotopic (exact) mass is 250 g/mol. The molecule has 0 saturated heterocycles. The van der Waals surface area contributed by atoms with Gasteiger partial charge in [-0.1, -0.05) is 19.9 Å². The fourth-order valence-electron chi connectivity index (χ4n) is 1.91. The first kappa shape index (κ1) is 14.9. The highest BCUT2D eigenvalue weighted by Gasteiger charge is 2.09. The Morgan fingerprint density at radius 2 is 1.94 bits per heavy atom. The molecule has 0 bridgehead atoms. The second-order valence-corrected chi connectivity index (χ2v) is 5.49. The van der Waals surface area contributed by atoms with Crippen molar-refractivity contribution in [3.8, 4) is 0 Å². The normalized spacial score (nSPS) is 11.7. The molecular formula is C14H26N4. The van der Waals surface area contributed by atoms with Crippen LogP contribution in [-0.4, -0.2) is 48.5 Å². The van der Waals surface area contributed by atoms with E-state index < -0.39 is 0 Å². The zero-order valence-corrected chi connectivity index (χ0v) is 12.1. The van der Waals surface area contributed by atoms with Crippen LogP contribution in [-0.2, 0) is 6.54 Å². The molecule has 2 N–H and O–H groups in total. The average molecular weight is 250 g/mol. The van der Waals surface area contributed by atoms with Gasteiger partial charge in [0.2, 0.25) is 0 Å². The highest BCUT2D eigenvalue weighted by Crippen LogP contribution is 2.07. The van der Waals surface area contributed by atoms with Gasteiger partial charge in [0, 0.05) is 26.2 Å². The van der Waals surface area contributed by atoms with Crippen molar-refractivity contribution < 1.29 is 0 Å². The molecule has 0 aliphatic carbocycles. The number of likely N-dealkylation sites (N-methyl/N-ethyl adjacent to an activating group) is 1. The summed E-state index contributed by atoms with van der Waals surface area (Å²) in [6, 6.07) is 5.84. The first-order chi connectivity index (χ1) is 8.47. The van der Waals surface area contributed by atoms with Gasteiger partial charge < -0.3 is 10.6 Å². The minimum Gasteiger partial charge on any atom is -0.384 e. The van der Waals surface area contributed by atoms with E-state index in [0.717, 1.165) is 31.9 Å². The third-order valence-corrected chi connectivity index (χ3v) is 2.70. The minimum atomic E-state index is 0.601. The Morgan fingerprint density at radius 1 is 1.22 bits per heavy atom. The molecule has 0 unspecified atom stereocenters. The molecule has 0 saturated carbocycles. The lowest BCUT2D eigenvalue weighted by Gasteiger charge is -2.25. The molecule has 0 atom stereocenters. The van der Waals surface area contributed by atoms with Crippen LogP contribution in [0.25, 0.3) is 0 Å². The molecule has 0 fully saturated rings. The van der Waals surface area contributed by atoms with Gasteiger partial charge >= 0.3 is 0 Å². The summed E-state index contributed by atoms with van der Waals surface area (Å²) in [7, 11) is 4.21. The molecule has 1 aromatic heterocycles. The number of anilines is 1. The van der Waals surface area contributed by atoms with Gasteiger partial charge in [0.15, 0.2) is 0 Å². The van der Waals surface area contributed by atoms with Crippen molar-refractivity contribution in [3.63, 3.8) is 0 Å². The first-order valence-electron chi connectivity index (χ1n) is 6.56. The predicted octanol–water partition coefficient (Wildman–Crippen LogP) is 1.68. The largest absolute Gasteiger partial charge is 0.384 e. The Balaban J connectivity index is 2.59. The number of aromatic nitrogens is 1. The summed E-state index contributed by atoms with van der Waals surface area (Å²) < 4.78 is 0. The van der Waals surface area contributed by atoms with Crippen molar-refractivity contribution in [2.24, 2.45) is 5.92 Å². The molecule has 1 aromatic rings. The maximum Gasteiger partial charge on any atom is 0.123 e. The molecule has 0 aliphatic rings. The standard InChI is InChI=1S/C14H26N4/c1-12(2)10-18(9-8-17(3)4)11-13-6-5-7-14(15)16-13/h5-7,12H,8-11H2,1-4H3,(H2,15,16). The van der Waals surface area contributed by atoms with E-state index in [2.05, 4.69) is 42.7 Å². The van der Waals surface area contributed by atoms with E-state index in [1.165, 1.54) is 0 Å². The van der Waals surface area contributed by atoms with Crippen molar-refractivity contribution in [2.45, 2.75) is 20.4 Å². The third kappa shape index (κ3) is 5.98. The highest BCUT2D eigenvalue weighted by atomic mass is 15.2. The Morgan fingerprint density at radius 3 is 2.50 bits per heavy atom. The van der Waals surface area contributed by atoms with Crippen molar-refractivity contribution in [1.29, 1.82) is 0 Å². The van der Waals surface area contributed by atoms with Gasteiger partial charge in [0.1, 0.15) is 5.82 Å². The molecule has 4 nitrogen and oxygen atoms in total. The summed E-state index contributed by atoms with van der Waals surface area (Å²) in [6.07, 6.45) is 0. The number of rotatable bonds is 7. The summed E-state index contributed by atoms with van der Waals surface area (Å²) in [6.45, 7) is 8.57. The van der Waals surface area contributed by atoms with E-state index in [-0.39, 0.29) is 0 Å². The zero-order chi connectivity index (χ0) is 13.5. The Bertz CT molecular complexity index is 349. The van der Waals surface area contributed by atoms with Crippen LogP contribution in [0.5, 0.6) is 0 Å². The summed E-state index contributed by atoms with van der Waals surface area (Å²) in [5, 5.41) is 0. The second-order valence-electron chi connectivity index (χ2n) is 5.49. The maximum absolute atomic E-state index is 5.72. The van der Waals surface area contributed by atoms with Gasteiger partial charge in [-0.3, -0.25) is 4.90 Å². The number of pyridine rings is 1. The van der Waals surface area contributed by atoms with Crippen LogP contribution >= 0.6 is 0 Å². The van der Waals surface area contributed by atoms with E-state index >= 15 is 0 Å². The fraction of sp³-hybridized carbons (Fsp3) is 0.643. The number of hydrogen-bond acceptors (Lipinski definition) is 4. The number of nitrogens with zero attached hydrogens (tertiary/aromatic N) is 3. The van der Waals surface area contributed by atoms with Gasteiger partial charge in [-0.2, -0.15) is 0 Å². The lowest BCUT2D eigenvalue weighted by molar-refractivity contribution is 0.210. The van der Waals surface area contributed by atoms with E-state index in [9.17, 15) is 0 Å². The van der Waals surface area contributed by atoms with Crippen molar-refractivity contribution in [1.82, 2.24) is 14.8 Å². The van der Waals surface area contributed by atoms with Crippen LogP contribution in [0.15, 0.2) is 18.2 Å². The molecule has 0 radical (unpaired) electrons. The molecule has 1 rings (SSSR count). The summed E-state index contributed by atoms with van der Waals surface area (Å²) in [5.41, 5.74) is 6.77. The van der Waals surface area contributed by atoms with Gasteiger partial charge in [-0.05, 0) is 32.1 Å². The minimum absolute atomic E-state index is 0.601. The average Bonchev–Trinajstić information content (AvgIpc) is 2.25. The maximum atomic E-state index is 5.72. The predicted molar refractivity (Wildman–Crippen MR) is 77.3 cm³/mol. The van der Waals surface area contributed by atoms with Crippen LogP contribution in [0.2, 0.25) is 0 Å². The molecule has 0 spiro atoms. The summed E-state index contributed by atoms with van der Waals surface area (Å²) in [5.74, 6) is 1.26. The van der Waals surface area contributed by atoms with Crippen molar-refractivity contribution in [3.05, 3.63) is 23.9 Å². The smallest absolute Gasteiger partial charge is 0.123 e. The van der Waals surface area contributed by atoms with Crippen LogP contribution < -0.4 is 5.73 Å². The third-order valence-electron chi connectivity index (χ3n) is 2.70. The molecule has 1 heterocycles. The number of hydrogen-bond donors (Lipinski definition) is 1. The van der Waals surface area contributed by atoms with Crippen molar-refractivity contribution >= 4 is 5.82 Å². The second kappa shape index (κ2) is 7.34. The number of nitrogens with two attached hydrogens (primary N) is 1. The van der Waals surface area contributed by atoms with Gasteiger partial charge in [-0.15, -0.1) is 0 Å². The molecule has 4 heteroatoms. The lowest BCUT2D eigenvalue weighted by Crippen LogP contribution is -2.34. The van der Waals surface area contributed by atoms with Crippen LogP contribution in [0.4, 0.5) is 5.82 Å². The quantitative estimate of drug-likeness (QED) is 0.800. The van der Waals surface area contributed by atoms with Gasteiger partial charge in [0.05, 0.1) is 5.69 Å². The van der Waals surface area contributed by atoms with E-state index in [1.807, 2.05) is 18.2 Å². The molecule has 18 heavy (non-hydrogen) atoms. The fourth-order valence-corrected chi connectivity index (χ4v) is 1.91. The zero-order valence-electron chi connectivity index (χ0n) is 12.1. The lowest BCUT2D eigenvalue weighted by atomic mass is 10.2. The molecular weight excluding hydrogens is 224 g/mol. The summed E-state index contributed by atoms with van der Waals surface area (Å²) >= 11 is 0. The van der Waals surface area contributed by atoms with E-state index in [1.54, 1.807) is 0 Å². The Hall–Kier alpha value is -1.13.